The Kier molecular flexibility index (Phi) is 5.01. The van der Waals surface area contributed by atoms with Crippen molar-refractivity contribution in [3.8, 4) is 0 Å². The van der Waals surface area contributed by atoms with E-state index in [1.807, 2.05) is 24.3 Å². The second kappa shape index (κ2) is 6.23. The van der Waals surface area contributed by atoms with Crippen molar-refractivity contribution < 1.29 is 14.0 Å². The van der Waals surface area contributed by atoms with Crippen LogP contribution in [-0.2, 0) is 19.4 Å². The second-order valence-electron chi connectivity index (χ2n) is 7.94. The van der Waals surface area contributed by atoms with Gasteiger partial charge in [-0.05, 0) is 42.2 Å². The van der Waals surface area contributed by atoms with Crippen molar-refractivity contribution in [2.24, 2.45) is 5.92 Å². The Morgan fingerprint density at radius 3 is 2.35 bits per heavy atom. The van der Waals surface area contributed by atoms with E-state index in [0.29, 0.717) is 11.6 Å². The Labute approximate surface area is 145 Å². The maximum Gasteiger partial charge on any atom is 0.316 e. The van der Waals surface area contributed by atoms with Gasteiger partial charge in [-0.1, -0.05) is 44.5 Å². The summed E-state index contributed by atoms with van der Waals surface area (Å²) in [6, 6.07) is 7.49. The van der Waals surface area contributed by atoms with E-state index in [2.05, 4.69) is 33.9 Å². The molecule has 23 heavy (non-hydrogen) atoms. The van der Waals surface area contributed by atoms with E-state index in [1.54, 1.807) is 0 Å². The van der Waals surface area contributed by atoms with E-state index in [1.165, 1.54) is 7.11 Å². The highest BCUT2D eigenvalue weighted by molar-refractivity contribution is 6.74. The predicted molar refractivity (Wildman–Crippen MR) is 96.4 cm³/mol. The first-order valence-corrected chi connectivity index (χ1v) is 11.3. The van der Waals surface area contributed by atoms with Crippen LogP contribution in [0.2, 0.25) is 23.2 Å². The number of methoxy groups -OCH3 is 1. The third kappa shape index (κ3) is 3.49. The highest BCUT2D eigenvalue weighted by Crippen LogP contribution is 2.56. The normalized spacial score (nSPS) is 24.4. The lowest BCUT2D eigenvalue weighted by atomic mass is 9.93. The summed E-state index contributed by atoms with van der Waals surface area (Å²) < 4.78 is 11.4. The summed E-state index contributed by atoms with van der Waals surface area (Å²) in [6.45, 7) is 11.7. The Morgan fingerprint density at radius 1 is 1.30 bits per heavy atom. The van der Waals surface area contributed by atoms with Gasteiger partial charge in [0.1, 0.15) is 0 Å². The summed E-state index contributed by atoms with van der Waals surface area (Å²) in [4.78, 5) is 12.4. The summed E-state index contributed by atoms with van der Waals surface area (Å²) in [7, 11) is -0.370. The molecule has 1 aliphatic rings. The minimum atomic E-state index is -1.82. The zero-order valence-electron chi connectivity index (χ0n) is 14.9. The first kappa shape index (κ1) is 18.5. The van der Waals surface area contributed by atoms with Crippen LogP contribution in [0.5, 0.6) is 0 Å². The molecule has 0 unspecified atom stereocenters. The molecule has 0 N–H and O–H groups in total. The highest BCUT2D eigenvalue weighted by atomic mass is 35.5. The number of hydrogen-bond acceptors (Lipinski definition) is 3. The van der Waals surface area contributed by atoms with Crippen LogP contribution in [0.4, 0.5) is 0 Å². The van der Waals surface area contributed by atoms with E-state index in [9.17, 15) is 4.79 Å². The monoisotopic (exact) mass is 354 g/mol. The van der Waals surface area contributed by atoms with E-state index in [0.717, 1.165) is 12.0 Å². The van der Waals surface area contributed by atoms with Crippen LogP contribution in [0, 0.1) is 5.92 Å². The van der Waals surface area contributed by atoms with Gasteiger partial charge in [0, 0.05) is 17.5 Å². The predicted octanol–water partition coefficient (Wildman–Crippen LogP) is 4.79. The van der Waals surface area contributed by atoms with Crippen LogP contribution in [0.1, 0.15) is 32.8 Å². The number of carbonyl (C=O) groups excluding carboxylic acids is 1. The largest absolute Gasteiger partial charge is 0.468 e. The zero-order valence-corrected chi connectivity index (χ0v) is 16.7. The molecule has 1 saturated carbocycles. The summed E-state index contributed by atoms with van der Waals surface area (Å²) in [5.74, 6) is -0.00564. The summed E-state index contributed by atoms with van der Waals surface area (Å²) in [5.41, 5.74) is 0.402. The Bertz CT molecular complexity index is 577. The average molecular weight is 355 g/mol. The molecule has 0 radical (unpaired) electrons. The van der Waals surface area contributed by atoms with Crippen molar-refractivity contribution >= 4 is 25.9 Å². The molecule has 2 atom stereocenters. The molecule has 0 amide bonds. The summed E-state index contributed by atoms with van der Waals surface area (Å²) >= 11 is 5.97. The Morgan fingerprint density at radius 2 is 1.87 bits per heavy atom. The third-order valence-corrected chi connectivity index (χ3v) is 10.2. The van der Waals surface area contributed by atoms with Crippen molar-refractivity contribution in [1.29, 1.82) is 0 Å². The van der Waals surface area contributed by atoms with Gasteiger partial charge in [-0.15, -0.1) is 0 Å². The first-order valence-electron chi connectivity index (χ1n) is 8.03. The molecule has 3 nitrogen and oxygen atoms in total. The molecule has 2 rings (SSSR count). The minimum Gasteiger partial charge on any atom is -0.468 e. The van der Waals surface area contributed by atoms with Crippen LogP contribution in [0.25, 0.3) is 0 Å². The lowest BCUT2D eigenvalue weighted by Crippen LogP contribution is -2.41. The second-order valence-corrected chi connectivity index (χ2v) is 13.2. The molecule has 1 aliphatic carbocycles. The maximum absolute atomic E-state index is 12.4. The molecule has 128 valence electrons. The van der Waals surface area contributed by atoms with Crippen LogP contribution in [0.15, 0.2) is 24.3 Å². The van der Waals surface area contributed by atoms with Gasteiger partial charge < -0.3 is 9.16 Å². The van der Waals surface area contributed by atoms with Gasteiger partial charge in [-0.25, -0.2) is 0 Å². The van der Waals surface area contributed by atoms with Crippen LogP contribution in [0.3, 0.4) is 0 Å². The first-order chi connectivity index (χ1) is 10.5. The van der Waals surface area contributed by atoms with E-state index < -0.39 is 13.7 Å². The van der Waals surface area contributed by atoms with Crippen molar-refractivity contribution in [1.82, 2.24) is 0 Å². The van der Waals surface area contributed by atoms with Gasteiger partial charge in [0.15, 0.2) is 8.32 Å². The summed E-state index contributed by atoms with van der Waals surface area (Å²) in [6.07, 6.45) is 0.774. The molecule has 0 saturated heterocycles. The van der Waals surface area contributed by atoms with Gasteiger partial charge >= 0.3 is 5.97 Å². The molecule has 1 fully saturated rings. The van der Waals surface area contributed by atoms with Crippen LogP contribution in [-0.4, -0.2) is 28.0 Å². The molecular weight excluding hydrogens is 328 g/mol. The number of halogens is 1. The molecule has 1 aromatic rings. The number of hydrogen-bond donors (Lipinski definition) is 0. The molecule has 0 aromatic heterocycles. The Hall–Kier alpha value is -0.843. The quantitative estimate of drug-likeness (QED) is 0.563. The van der Waals surface area contributed by atoms with E-state index in [4.69, 9.17) is 20.8 Å². The van der Waals surface area contributed by atoms with Crippen molar-refractivity contribution in [3.05, 3.63) is 34.9 Å². The average Bonchev–Trinajstić information content (AvgIpc) is 3.19. The van der Waals surface area contributed by atoms with Crippen LogP contribution < -0.4 is 0 Å². The molecule has 0 bridgehead atoms. The number of carbonyl (C=O) groups is 1. The highest BCUT2D eigenvalue weighted by Gasteiger charge is 2.62. The van der Waals surface area contributed by atoms with Gasteiger partial charge in [0.25, 0.3) is 0 Å². The van der Waals surface area contributed by atoms with Gasteiger partial charge in [-0.2, -0.15) is 0 Å². The van der Waals surface area contributed by atoms with E-state index >= 15 is 0 Å². The minimum absolute atomic E-state index is 0.163. The molecule has 1 aromatic carbocycles. The summed E-state index contributed by atoms with van der Waals surface area (Å²) in [5, 5.41) is 0.833. The van der Waals surface area contributed by atoms with Crippen molar-refractivity contribution in [2.75, 3.05) is 13.7 Å². The Balaban J connectivity index is 2.16. The van der Waals surface area contributed by atoms with Gasteiger partial charge in [0.05, 0.1) is 12.5 Å². The van der Waals surface area contributed by atoms with Gasteiger partial charge in [0.2, 0.25) is 0 Å². The fourth-order valence-corrected chi connectivity index (χ4v) is 3.88. The number of ether oxygens (including phenoxy) is 1. The number of esters is 1. The molecule has 0 heterocycles. The van der Waals surface area contributed by atoms with Gasteiger partial charge in [-0.3, -0.25) is 4.79 Å². The zero-order chi connectivity index (χ0) is 17.5. The fourth-order valence-electron chi connectivity index (χ4n) is 2.71. The smallest absolute Gasteiger partial charge is 0.316 e. The lowest BCUT2D eigenvalue weighted by molar-refractivity contribution is -0.144. The number of benzene rings is 1. The molecule has 0 spiro atoms. The van der Waals surface area contributed by atoms with Crippen LogP contribution >= 0.6 is 11.6 Å². The standard InChI is InChI=1S/C18H27ClO3Si/c1-17(2,3)23(5,6)22-12-14-11-18(14,16(20)21-4)13-7-9-15(19)10-8-13/h7-10,14H,11-12H2,1-6H3/t14-,18-/m1/s1. The topological polar surface area (TPSA) is 35.5 Å². The number of rotatable bonds is 5. The fraction of sp³-hybridized carbons (Fsp3) is 0.611. The SMILES string of the molecule is COC(=O)[C@@]1(c2ccc(Cl)cc2)C[C@@H]1CO[Si](C)(C)C(C)(C)C. The van der Waals surface area contributed by atoms with E-state index in [-0.39, 0.29) is 16.9 Å². The molecular formula is C18H27ClO3Si. The van der Waals surface area contributed by atoms with Crippen molar-refractivity contribution in [2.45, 2.75) is 50.7 Å². The molecule has 5 heteroatoms. The maximum atomic E-state index is 12.4. The third-order valence-electron chi connectivity index (χ3n) is 5.47. The lowest BCUT2D eigenvalue weighted by Gasteiger charge is -2.36. The molecule has 0 aliphatic heterocycles. The van der Waals surface area contributed by atoms with Crippen molar-refractivity contribution in [3.63, 3.8) is 0 Å².